The van der Waals surface area contributed by atoms with Gasteiger partial charge in [0.2, 0.25) is 11.7 Å². The molecule has 6 heteroatoms. The number of aryl methyl sites for hydroxylation is 1. The summed E-state index contributed by atoms with van der Waals surface area (Å²) in [7, 11) is 0. The Balaban J connectivity index is 2.02. The Hall–Kier alpha value is -1.82. The zero-order valence-electron chi connectivity index (χ0n) is 8.83. The van der Waals surface area contributed by atoms with Crippen LogP contribution in [0.15, 0.2) is 23.1 Å². The van der Waals surface area contributed by atoms with Crippen molar-refractivity contribution in [2.24, 2.45) is 5.73 Å². The van der Waals surface area contributed by atoms with E-state index in [1.165, 1.54) is 0 Å². The highest BCUT2D eigenvalue weighted by atomic mass is 16.5. The SMILES string of the molecule is NCCCCc1nc(-c2cnccn2)no1. The van der Waals surface area contributed by atoms with Crippen molar-refractivity contribution in [3.05, 3.63) is 24.5 Å². The molecule has 2 rings (SSSR count). The largest absolute Gasteiger partial charge is 0.339 e. The Kier molecular flexibility index (Phi) is 3.55. The summed E-state index contributed by atoms with van der Waals surface area (Å²) in [5.41, 5.74) is 6.03. The summed E-state index contributed by atoms with van der Waals surface area (Å²) in [4.78, 5) is 12.3. The smallest absolute Gasteiger partial charge is 0.227 e. The second-order valence-corrected chi connectivity index (χ2v) is 3.35. The third-order valence-electron chi connectivity index (χ3n) is 2.11. The van der Waals surface area contributed by atoms with Gasteiger partial charge in [0.05, 0.1) is 6.20 Å². The molecule has 2 aromatic heterocycles. The number of unbranched alkanes of at least 4 members (excludes halogenated alkanes) is 1. The normalized spacial score (nSPS) is 10.6. The highest BCUT2D eigenvalue weighted by Gasteiger charge is 2.08. The Bertz CT molecular complexity index is 428. The van der Waals surface area contributed by atoms with Crippen molar-refractivity contribution in [1.29, 1.82) is 0 Å². The first-order chi connectivity index (χ1) is 7.90. The average Bonchev–Trinajstić information content (AvgIpc) is 2.79. The fraction of sp³-hybridized carbons (Fsp3) is 0.400. The van der Waals surface area contributed by atoms with E-state index in [0.29, 0.717) is 24.0 Å². The molecule has 0 aliphatic rings. The van der Waals surface area contributed by atoms with E-state index in [1.807, 2.05) is 0 Å². The fourth-order valence-corrected chi connectivity index (χ4v) is 1.30. The molecule has 0 spiro atoms. The van der Waals surface area contributed by atoms with Gasteiger partial charge in [-0.3, -0.25) is 4.98 Å². The molecule has 0 aliphatic carbocycles. The van der Waals surface area contributed by atoms with E-state index in [2.05, 4.69) is 20.1 Å². The molecule has 2 aromatic rings. The average molecular weight is 219 g/mol. The van der Waals surface area contributed by atoms with Gasteiger partial charge in [-0.05, 0) is 19.4 Å². The third-order valence-corrected chi connectivity index (χ3v) is 2.11. The van der Waals surface area contributed by atoms with Gasteiger partial charge in [-0.2, -0.15) is 4.98 Å². The summed E-state index contributed by atoms with van der Waals surface area (Å²) in [6.45, 7) is 0.686. The summed E-state index contributed by atoms with van der Waals surface area (Å²) in [6, 6.07) is 0. The minimum Gasteiger partial charge on any atom is -0.339 e. The lowest BCUT2D eigenvalue weighted by Gasteiger charge is -1.91. The first-order valence-corrected chi connectivity index (χ1v) is 5.19. The maximum absolute atomic E-state index is 5.40. The first-order valence-electron chi connectivity index (χ1n) is 5.19. The molecule has 0 aromatic carbocycles. The van der Waals surface area contributed by atoms with Crippen molar-refractivity contribution in [2.45, 2.75) is 19.3 Å². The van der Waals surface area contributed by atoms with Gasteiger partial charge in [0, 0.05) is 18.8 Å². The maximum Gasteiger partial charge on any atom is 0.227 e. The van der Waals surface area contributed by atoms with E-state index in [4.69, 9.17) is 10.3 Å². The number of nitrogens with two attached hydrogens (primary N) is 1. The lowest BCUT2D eigenvalue weighted by Crippen LogP contribution is -1.99. The highest BCUT2D eigenvalue weighted by Crippen LogP contribution is 2.11. The molecule has 84 valence electrons. The predicted octanol–water partition coefficient (Wildman–Crippen LogP) is 0.808. The molecular weight excluding hydrogens is 206 g/mol. The van der Waals surface area contributed by atoms with Crippen molar-refractivity contribution in [1.82, 2.24) is 20.1 Å². The molecule has 0 bridgehead atoms. The van der Waals surface area contributed by atoms with E-state index < -0.39 is 0 Å². The van der Waals surface area contributed by atoms with Crippen LogP contribution in [-0.2, 0) is 6.42 Å². The van der Waals surface area contributed by atoms with E-state index in [0.717, 1.165) is 19.3 Å². The van der Waals surface area contributed by atoms with Crippen molar-refractivity contribution in [3.63, 3.8) is 0 Å². The number of nitrogens with zero attached hydrogens (tertiary/aromatic N) is 4. The molecule has 0 fully saturated rings. The molecule has 0 saturated carbocycles. The Morgan fingerprint density at radius 3 is 2.94 bits per heavy atom. The van der Waals surface area contributed by atoms with Crippen molar-refractivity contribution in [3.8, 4) is 11.5 Å². The zero-order chi connectivity index (χ0) is 11.2. The van der Waals surface area contributed by atoms with E-state index in [-0.39, 0.29) is 0 Å². The molecule has 16 heavy (non-hydrogen) atoms. The molecule has 0 aliphatic heterocycles. The first kappa shape index (κ1) is 10.7. The van der Waals surface area contributed by atoms with Gasteiger partial charge >= 0.3 is 0 Å². The van der Waals surface area contributed by atoms with Crippen LogP contribution in [0.25, 0.3) is 11.5 Å². The second kappa shape index (κ2) is 5.32. The molecular formula is C10H13N5O. The van der Waals surface area contributed by atoms with Crippen LogP contribution in [0.4, 0.5) is 0 Å². The molecule has 2 heterocycles. The van der Waals surface area contributed by atoms with Crippen LogP contribution >= 0.6 is 0 Å². The summed E-state index contributed by atoms with van der Waals surface area (Å²) in [6.07, 6.45) is 7.48. The molecule has 6 nitrogen and oxygen atoms in total. The van der Waals surface area contributed by atoms with Crippen molar-refractivity contribution >= 4 is 0 Å². The van der Waals surface area contributed by atoms with Gasteiger partial charge in [-0.25, -0.2) is 4.98 Å². The fourth-order valence-electron chi connectivity index (χ4n) is 1.30. The maximum atomic E-state index is 5.40. The Labute approximate surface area is 92.9 Å². The minimum absolute atomic E-state index is 0.482. The molecule has 0 radical (unpaired) electrons. The number of hydrogen-bond donors (Lipinski definition) is 1. The number of hydrogen-bond acceptors (Lipinski definition) is 6. The van der Waals surface area contributed by atoms with E-state index in [1.54, 1.807) is 18.6 Å². The van der Waals surface area contributed by atoms with Crippen LogP contribution < -0.4 is 5.73 Å². The molecule has 0 unspecified atom stereocenters. The van der Waals surface area contributed by atoms with Crippen LogP contribution in [0, 0.1) is 0 Å². The Morgan fingerprint density at radius 1 is 1.25 bits per heavy atom. The van der Waals surface area contributed by atoms with Crippen molar-refractivity contribution < 1.29 is 4.52 Å². The lowest BCUT2D eigenvalue weighted by atomic mass is 10.2. The molecule has 0 atom stereocenters. The van der Waals surface area contributed by atoms with Crippen molar-refractivity contribution in [2.75, 3.05) is 6.54 Å². The highest BCUT2D eigenvalue weighted by molar-refractivity contribution is 5.45. The summed E-state index contributed by atoms with van der Waals surface area (Å²) in [5, 5.41) is 3.85. The van der Waals surface area contributed by atoms with Gasteiger partial charge in [0.25, 0.3) is 0 Å². The van der Waals surface area contributed by atoms with Crippen LogP contribution in [0.1, 0.15) is 18.7 Å². The Morgan fingerprint density at radius 2 is 2.19 bits per heavy atom. The van der Waals surface area contributed by atoms with Gasteiger partial charge in [0.15, 0.2) is 0 Å². The molecule has 0 amide bonds. The summed E-state index contributed by atoms with van der Waals surface area (Å²) < 4.78 is 5.10. The summed E-state index contributed by atoms with van der Waals surface area (Å²) in [5.74, 6) is 1.10. The molecule has 2 N–H and O–H groups in total. The molecule has 0 saturated heterocycles. The zero-order valence-corrected chi connectivity index (χ0v) is 8.83. The van der Waals surface area contributed by atoms with Crippen LogP contribution in [0.2, 0.25) is 0 Å². The van der Waals surface area contributed by atoms with Crippen LogP contribution in [0.5, 0.6) is 0 Å². The number of rotatable bonds is 5. The second-order valence-electron chi connectivity index (χ2n) is 3.35. The van der Waals surface area contributed by atoms with Crippen LogP contribution in [0.3, 0.4) is 0 Å². The summed E-state index contributed by atoms with van der Waals surface area (Å²) >= 11 is 0. The van der Waals surface area contributed by atoms with Gasteiger partial charge in [-0.1, -0.05) is 5.16 Å². The van der Waals surface area contributed by atoms with E-state index >= 15 is 0 Å². The predicted molar refractivity (Wildman–Crippen MR) is 57.3 cm³/mol. The monoisotopic (exact) mass is 219 g/mol. The third kappa shape index (κ3) is 2.60. The van der Waals surface area contributed by atoms with E-state index in [9.17, 15) is 0 Å². The van der Waals surface area contributed by atoms with Gasteiger partial charge in [-0.15, -0.1) is 0 Å². The van der Waals surface area contributed by atoms with Gasteiger partial charge < -0.3 is 10.3 Å². The number of aromatic nitrogens is 4. The quantitative estimate of drug-likeness (QED) is 0.748. The van der Waals surface area contributed by atoms with Crippen LogP contribution in [-0.4, -0.2) is 26.7 Å². The lowest BCUT2D eigenvalue weighted by molar-refractivity contribution is 0.375. The minimum atomic E-state index is 0.482. The topological polar surface area (TPSA) is 90.7 Å². The standard InChI is InChI=1S/C10H13N5O/c11-4-2-1-3-9-14-10(15-16-9)8-7-12-5-6-13-8/h5-7H,1-4,11H2. The van der Waals surface area contributed by atoms with Gasteiger partial charge in [0.1, 0.15) is 5.69 Å².